The average molecular weight is 621 g/mol. The van der Waals surface area contributed by atoms with Gasteiger partial charge in [-0.25, -0.2) is 24.3 Å². The number of aliphatic carboxylic acids is 1. The Morgan fingerprint density at radius 1 is 1.21 bits per heavy atom. The molecule has 3 fully saturated rings. The monoisotopic (exact) mass is 620 g/mol. The number of carboxylic acids is 1. The zero-order valence-corrected chi connectivity index (χ0v) is 23.2. The van der Waals surface area contributed by atoms with E-state index in [0.717, 1.165) is 9.91 Å². The molecule has 5 rings (SSSR count). The van der Waals surface area contributed by atoms with Crippen LogP contribution in [0.4, 0.5) is 9.59 Å². The highest BCUT2D eigenvalue weighted by Crippen LogP contribution is 2.50. The Labute approximate surface area is 235 Å². The van der Waals surface area contributed by atoms with Crippen LogP contribution >= 0.6 is 27.7 Å². The first-order chi connectivity index (χ1) is 18.5. The van der Waals surface area contributed by atoms with Gasteiger partial charge >= 0.3 is 18.0 Å². The van der Waals surface area contributed by atoms with Gasteiger partial charge in [0, 0.05) is 10.8 Å². The summed E-state index contributed by atoms with van der Waals surface area (Å²) in [5.74, 6) is -2.07. The van der Waals surface area contributed by atoms with E-state index < -0.39 is 58.1 Å². The summed E-state index contributed by atoms with van der Waals surface area (Å²) in [6.07, 6.45) is 3.29. The number of halogens is 1. The van der Waals surface area contributed by atoms with Crippen molar-refractivity contribution in [3.05, 3.63) is 48.0 Å². The lowest BCUT2D eigenvalue weighted by molar-refractivity contribution is -0.161. The van der Waals surface area contributed by atoms with Gasteiger partial charge in [-0.3, -0.25) is 9.59 Å². The van der Waals surface area contributed by atoms with Gasteiger partial charge in [-0.1, -0.05) is 30.3 Å². The van der Waals surface area contributed by atoms with E-state index in [1.54, 1.807) is 56.3 Å². The number of hydrazone groups is 1. The zero-order valence-electron chi connectivity index (χ0n) is 20.8. The third kappa shape index (κ3) is 4.95. The van der Waals surface area contributed by atoms with Gasteiger partial charge in [0.1, 0.15) is 23.5 Å². The molecule has 2 unspecified atom stereocenters. The van der Waals surface area contributed by atoms with Crippen molar-refractivity contribution in [3.63, 3.8) is 0 Å². The second kappa shape index (κ2) is 10.2. The molecule has 5 atom stereocenters. The molecule has 15 heteroatoms. The number of thioether (sulfide) groups is 1. The first kappa shape index (κ1) is 27.0. The molecular weight excluding hydrogens is 596 g/mol. The van der Waals surface area contributed by atoms with Crippen LogP contribution in [0, 0.1) is 0 Å². The molecule has 0 saturated carbocycles. The molecule has 4 heterocycles. The van der Waals surface area contributed by atoms with Crippen molar-refractivity contribution in [1.82, 2.24) is 25.4 Å². The largest absolute Gasteiger partial charge is 0.480 e. The van der Waals surface area contributed by atoms with E-state index in [9.17, 15) is 29.1 Å². The maximum atomic E-state index is 13.4. The molecule has 0 aromatic heterocycles. The number of ether oxygens (including phenoxy) is 1. The number of nitrogens with zero attached hydrogens (tertiary/aromatic N) is 4. The van der Waals surface area contributed by atoms with Crippen LogP contribution in [-0.2, 0) is 19.1 Å². The van der Waals surface area contributed by atoms with Crippen LogP contribution < -0.4 is 10.6 Å². The van der Waals surface area contributed by atoms with Crippen molar-refractivity contribution in [2.45, 2.75) is 47.1 Å². The van der Waals surface area contributed by atoms with E-state index in [2.05, 4.69) is 31.7 Å². The van der Waals surface area contributed by atoms with E-state index in [-0.39, 0.29) is 24.0 Å². The zero-order chi connectivity index (χ0) is 28.1. The van der Waals surface area contributed by atoms with E-state index in [0.29, 0.717) is 5.56 Å². The van der Waals surface area contributed by atoms with Crippen molar-refractivity contribution >= 4 is 63.4 Å². The standard InChI is InChI=1S/C24H25BrN6O7S/c1-24(2)17(21(34)35)31-19(33)16(20(31)39-24)26-18(32)15(12-6-4-3-5-7-12)27-22(36)29-10-11-30(23(29)37)28-14-9-8-13(25)38-14/h3-9,13,15-17,20H,10-11H2,1-2H3,(H,26,32)(H,27,36)(H,34,35)/t13?,15?,16-,17+,20-/m1/s1. The van der Waals surface area contributed by atoms with Gasteiger partial charge in [-0.05, 0) is 41.4 Å². The maximum absolute atomic E-state index is 13.4. The Balaban J connectivity index is 1.29. The highest BCUT2D eigenvalue weighted by Gasteiger charge is 2.64. The molecule has 13 nitrogen and oxygen atoms in total. The Hall–Kier alpha value is -3.59. The molecule has 3 N–H and O–H groups in total. The summed E-state index contributed by atoms with van der Waals surface area (Å²) < 4.78 is 4.62. The fourth-order valence-electron chi connectivity index (χ4n) is 4.86. The first-order valence-corrected chi connectivity index (χ1v) is 13.8. The van der Waals surface area contributed by atoms with Crippen molar-refractivity contribution < 1.29 is 33.8 Å². The molecule has 0 bridgehead atoms. The summed E-state index contributed by atoms with van der Waals surface area (Å²) in [6, 6.07) is 3.71. The van der Waals surface area contributed by atoms with E-state index in [1.165, 1.54) is 16.7 Å². The van der Waals surface area contributed by atoms with Crippen molar-refractivity contribution in [1.29, 1.82) is 0 Å². The molecule has 1 aromatic carbocycles. The molecule has 4 aliphatic rings. The fourth-order valence-corrected chi connectivity index (χ4v) is 6.83. The number of amides is 6. The average Bonchev–Trinajstić information content (AvgIpc) is 3.55. The number of hydrogen-bond donors (Lipinski definition) is 3. The predicted octanol–water partition coefficient (Wildman–Crippen LogP) is 1.43. The van der Waals surface area contributed by atoms with Crippen LogP contribution in [0.5, 0.6) is 0 Å². The fraction of sp³-hybridized carbons (Fsp3) is 0.417. The van der Waals surface area contributed by atoms with Gasteiger partial charge in [-0.15, -0.1) is 16.9 Å². The molecule has 1 aromatic rings. The Morgan fingerprint density at radius 2 is 1.92 bits per heavy atom. The van der Waals surface area contributed by atoms with Gasteiger partial charge in [0.25, 0.3) is 0 Å². The number of urea groups is 2. The lowest BCUT2D eigenvalue weighted by Crippen LogP contribution is -2.71. The minimum absolute atomic E-state index is 0.0342. The topological polar surface area (TPSA) is 161 Å². The summed E-state index contributed by atoms with van der Waals surface area (Å²) in [5, 5.41) is 19.2. The molecule has 0 spiro atoms. The number of hydrogen-bond acceptors (Lipinski definition) is 8. The van der Waals surface area contributed by atoms with Crippen LogP contribution in [0.15, 0.2) is 47.6 Å². The van der Waals surface area contributed by atoms with Gasteiger partial charge in [0.15, 0.2) is 5.01 Å². The Kier molecular flexibility index (Phi) is 7.05. The number of imide groups is 1. The van der Waals surface area contributed by atoms with Crippen LogP contribution in [0.1, 0.15) is 25.5 Å². The number of β-lactam (4-membered cyclic amide) rings is 1. The van der Waals surface area contributed by atoms with Crippen molar-refractivity contribution in [3.8, 4) is 0 Å². The number of alkyl halides is 1. The minimum Gasteiger partial charge on any atom is -0.480 e. The van der Waals surface area contributed by atoms with Gasteiger partial charge in [-0.2, -0.15) is 0 Å². The predicted molar refractivity (Wildman–Crippen MR) is 143 cm³/mol. The molecule has 4 aliphatic heterocycles. The van der Waals surface area contributed by atoms with Crippen molar-refractivity contribution in [2.24, 2.45) is 5.10 Å². The van der Waals surface area contributed by atoms with E-state index in [1.807, 2.05) is 0 Å². The summed E-state index contributed by atoms with van der Waals surface area (Å²) in [5.41, 5.74) is 0.436. The number of benzene rings is 1. The molecule has 0 aliphatic carbocycles. The maximum Gasteiger partial charge on any atom is 0.348 e. The third-order valence-electron chi connectivity index (χ3n) is 6.71. The van der Waals surface area contributed by atoms with Gasteiger partial charge in [0.2, 0.25) is 17.7 Å². The normalized spacial score (nSPS) is 28.7. The second-order valence-corrected chi connectivity index (χ2v) is 12.4. The summed E-state index contributed by atoms with van der Waals surface area (Å²) in [6.45, 7) is 3.64. The van der Waals surface area contributed by atoms with Crippen LogP contribution in [0.25, 0.3) is 0 Å². The third-order valence-corrected chi connectivity index (χ3v) is 8.77. The van der Waals surface area contributed by atoms with E-state index >= 15 is 0 Å². The minimum atomic E-state index is -1.22. The smallest absolute Gasteiger partial charge is 0.348 e. The Morgan fingerprint density at radius 3 is 2.56 bits per heavy atom. The number of carbonyl (C=O) groups excluding carboxylic acids is 4. The van der Waals surface area contributed by atoms with E-state index in [4.69, 9.17) is 4.74 Å². The molecule has 6 amide bonds. The lowest BCUT2D eigenvalue weighted by Gasteiger charge is -2.44. The summed E-state index contributed by atoms with van der Waals surface area (Å²) >= 11 is 4.54. The summed E-state index contributed by atoms with van der Waals surface area (Å²) in [4.78, 5) is 66.3. The number of carboxylic acid groups (broad SMARTS) is 1. The molecule has 0 radical (unpaired) electrons. The molecular formula is C24H25BrN6O7S. The number of fused-ring (bicyclic) bond motifs is 1. The first-order valence-electron chi connectivity index (χ1n) is 12.0. The quantitative estimate of drug-likeness (QED) is 0.318. The molecule has 3 saturated heterocycles. The van der Waals surface area contributed by atoms with Gasteiger partial charge < -0.3 is 25.4 Å². The van der Waals surface area contributed by atoms with Crippen LogP contribution in [0.3, 0.4) is 0 Å². The number of carbonyl (C=O) groups is 5. The molecule has 39 heavy (non-hydrogen) atoms. The second-order valence-electron chi connectivity index (χ2n) is 9.70. The highest BCUT2D eigenvalue weighted by atomic mass is 79.9. The number of rotatable bonds is 6. The van der Waals surface area contributed by atoms with Gasteiger partial charge in [0.05, 0.1) is 13.1 Å². The SMILES string of the molecule is CC1(C)S[C@@H]2[C@H](NC(=O)C(NC(=O)N3CCN(N=C4C=CC(Br)O4)C3=O)c3ccccc3)C(=O)N2[C@H]1C(=O)O. The summed E-state index contributed by atoms with van der Waals surface area (Å²) in [7, 11) is 0. The highest BCUT2D eigenvalue weighted by molar-refractivity contribution is 9.09. The van der Waals surface area contributed by atoms with Crippen LogP contribution in [-0.4, -0.2) is 96.0 Å². The van der Waals surface area contributed by atoms with Crippen LogP contribution in [0.2, 0.25) is 0 Å². The number of nitrogens with one attached hydrogen (secondary N) is 2. The Bertz CT molecular complexity index is 1290. The lowest BCUT2D eigenvalue weighted by atomic mass is 9.95. The molecule has 206 valence electrons. The van der Waals surface area contributed by atoms with Crippen molar-refractivity contribution in [2.75, 3.05) is 13.1 Å².